The van der Waals surface area contributed by atoms with Crippen LogP contribution in [0, 0.1) is 0 Å². The van der Waals surface area contributed by atoms with E-state index in [9.17, 15) is 0 Å². The molecule has 0 bridgehead atoms. The molecule has 1 spiro atoms. The molecule has 1 heteroatoms. The molecule has 3 aliphatic rings. The first kappa shape index (κ1) is 33.9. The Hall–Kier alpha value is -5.66. The molecule has 270 valence electrons. The lowest BCUT2D eigenvalue weighted by molar-refractivity contribution is 0.569. The molecule has 7 aromatic rings. The topological polar surface area (TPSA) is 3.24 Å². The predicted molar refractivity (Wildman–Crippen MR) is 232 cm³/mol. The minimum Gasteiger partial charge on any atom is -0.310 e. The lowest BCUT2D eigenvalue weighted by Crippen LogP contribution is -2.26. The second kappa shape index (κ2) is 11.4. The Balaban J connectivity index is 1.27. The molecule has 7 aromatic carbocycles. The van der Waals surface area contributed by atoms with Crippen molar-refractivity contribution >= 4 is 17.1 Å². The summed E-state index contributed by atoms with van der Waals surface area (Å²) < 4.78 is 0. The minimum atomic E-state index is -0.411. The van der Waals surface area contributed by atoms with Gasteiger partial charge in [0.15, 0.2) is 0 Å². The van der Waals surface area contributed by atoms with Crippen LogP contribution in [0.2, 0.25) is 0 Å². The lowest BCUT2D eigenvalue weighted by Gasteiger charge is -2.34. The van der Waals surface area contributed by atoms with E-state index in [4.69, 9.17) is 0 Å². The zero-order valence-electron chi connectivity index (χ0n) is 33.4. The molecule has 0 heterocycles. The monoisotopic (exact) mass is 711 g/mol. The summed E-state index contributed by atoms with van der Waals surface area (Å²) in [7, 11) is 0. The van der Waals surface area contributed by atoms with Gasteiger partial charge in [-0.05, 0) is 125 Å². The molecule has 0 N–H and O–H groups in total. The van der Waals surface area contributed by atoms with Crippen LogP contribution in [0.5, 0.6) is 0 Å². The van der Waals surface area contributed by atoms with E-state index >= 15 is 0 Å². The van der Waals surface area contributed by atoms with E-state index in [2.05, 4.69) is 212 Å². The normalized spacial score (nSPS) is 15.2. The van der Waals surface area contributed by atoms with Crippen molar-refractivity contribution in [2.75, 3.05) is 4.90 Å². The standard InChI is InChI=1S/C54H49N/c1-51(2,3)34-29-35(52(4,5)6)31-38(30-34)55(36-25-27-43-39-17-9-13-21-45(39)53(7,8)49(43)32-36)37-26-28-44-42-20-12-16-24-48(42)54(50(44)33-37)46-22-14-10-18-40(46)41-19-11-15-23-47(41)54/h9-33H,1-8H3. The molecule has 0 saturated carbocycles. The number of nitrogens with zero attached hydrogens (tertiary/aromatic N) is 1. The Labute approximate surface area is 327 Å². The van der Waals surface area contributed by atoms with Crippen LogP contribution in [0.3, 0.4) is 0 Å². The summed E-state index contributed by atoms with van der Waals surface area (Å²) in [5.74, 6) is 0. The maximum atomic E-state index is 2.55. The van der Waals surface area contributed by atoms with E-state index < -0.39 is 5.41 Å². The molecular weight excluding hydrogens is 663 g/mol. The fraction of sp³-hybridized carbons (Fsp3) is 0.222. The molecule has 0 atom stereocenters. The Kier molecular flexibility index (Phi) is 7.04. The van der Waals surface area contributed by atoms with E-state index in [1.807, 2.05) is 0 Å². The molecule has 3 aliphatic carbocycles. The molecule has 0 aliphatic heterocycles. The third-order valence-electron chi connectivity index (χ3n) is 13.0. The van der Waals surface area contributed by atoms with Gasteiger partial charge in [-0.1, -0.05) is 171 Å². The molecule has 0 aromatic heterocycles. The predicted octanol–water partition coefficient (Wildman–Crippen LogP) is 14.4. The maximum Gasteiger partial charge on any atom is 0.0726 e. The highest BCUT2D eigenvalue weighted by Gasteiger charge is 2.51. The van der Waals surface area contributed by atoms with Gasteiger partial charge in [0.05, 0.1) is 5.41 Å². The van der Waals surface area contributed by atoms with Crippen molar-refractivity contribution in [2.24, 2.45) is 0 Å². The highest BCUT2D eigenvalue weighted by atomic mass is 15.1. The summed E-state index contributed by atoms with van der Waals surface area (Å²) in [5.41, 5.74) is 21.9. The van der Waals surface area contributed by atoms with Gasteiger partial charge in [0.25, 0.3) is 0 Å². The van der Waals surface area contributed by atoms with E-state index in [1.165, 1.54) is 95.0 Å². The number of rotatable bonds is 3. The lowest BCUT2D eigenvalue weighted by atomic mass is 9.70. The molecule has 0 fully saturated rings. The molecule has 0 radical (unpaired) electrons. The van der Waals surface area contributed by atoms with Gasteiger partial charge in [-0.2, -0.15) is 0 Å². The third kappa shape index (κ3) is 4.72. The van der Waals surface area contributed by atoms with E-state index in [0.717, 1.165) is 0 Å². The maximum absolute atomic E-state index is 2.55. The van der Waals surface area contributed by atoms with Crippen molar-refractivity contribution in [1.29, 1.82) is 0 Å². The van der Waals surface area contributed by atoms with Gasteiger partial charge in [-0.15, -0.1) is 0 Å². The Morgan fingerprint density at radius 2 is 0.709 bits per heavy atom. The van der Waals surface area contributed by atoms with Crippen LogP contribution in [-0.2, 0) is 21.7 Å². The van der Waals surface area contributed by atoms with Gasteiger partial charge in [-0.25, -0.2) is 0 Å². The summed E-state index contributed by atoms with van der Waals surface area (Å²) in [6, 6.07) is 58.1. The van der Waals surface area contributed by atoms with Gasteiger partial charge in [-0.3, -0.25) is 0 Å². The van der Waals surface area contributed by atoms with Gasteiger partial charge in [0.1, 0.15) is 0 Å². The summed E-state index contributed by atoms with van der Waals surface area (Å²) in [4.78, 5) is 2.55. The average molecular weight is 712 g/mol. The molecular formula is C54H49N. The van der Waals surface area contributed by atoms with Crippen LogP contribution in [0.25, 0.3) is 33.4 Å². The first-order chi connectivity index (χ1) is 26.3. The van der Waals surface area contributed by atoms with Crippen molar-refractivity contribution in [1.82, 2.24) is 0 Å². The Morgan fingerprint density at radius 3 is 1.16 bits per heavy atom. The zero-order chi connectivity index (χ0) is 38.1. The van der Waals surface area contributed by atoms with Crippen LogP contribution in [0.15, 0.2) is 152 Å². The largest absolute Gasteiger partial charge is 0.310 e. The summed E-state index contributed by atoms with van der Waals surface area (Å²) >= 11 is 0. The molecule has 1 nitrogen and oxygen atoms in total. The SMILES string of the molecule is CC(C)(C)c1cc(N(c2ccc3c(c2)C(C)(C)c2ccccc2-3)c2ccc3c(c2)C2(c4ccccc4-c4ccccc42)c2ccccc2-3)cc(C(C)(C)C)c1. The molecule has 10 rings (SSSR count). The fourth-order valence-electron chi connectivity index (χ4n) is 10.1. The second-order valence-corrected chi connectivity index (χ2v) is 18.6. The summed E-state index contributed by atoms with van der Waals surface area (Å²) in [6.07, 6.45) is 0. The number of hydrogen-bond donors (Lipinski definition) is 0. The summed E-state index contributed by atoms with van der Waals surface area (Å²) in [6.45, 7) is 18.8. The quantitative estimate of drug-likeness (QED) is 0.176. The first-order valence-corrected chi connectivity index (χ1v) is 19.9. The zero-order valence-corrected chi connectivity index (χ0v) is 33.4. The average Bonchev–Trinajstić information content (AvgIpc) is 3.73. The molecule has 0 amide bonds. The van der Waals surface area contributed by atoms with Gasteiger partial charge >= 0.3 is 0 Å². The molecule has 0 saturated heterocycles. The number of hydrogen-bond acceptors (Lipinski definition) is 1. The second-order valence-electron chi connectivity index (χ2n) is 18.6. The van der Waals surface area contributed by atoms with Gasteiger partial charge < -0.3 is 4.90 Å². The van der Waals surface area contributed by atoms with Crippen LogP contribution in [0.1, 0.15) is 99.9 Å². The van der Waals surface area contributed by atoms with Crippen molar-refractivity contribution < 1.29 is 0 Å². The van der Waals surface area contributed by atoms with E-state index in [1.54, 1.807) is 0 Å². The highest BCUT2D eigenvalue weighted by Crippen LogP contribution is 2.63. The van der Waals surface area contributed by atoms with Crippen LogP contribution in [0.4, 0.5) is 17.1 Å². The van der Waals surface area contributed by atoms with E-state index in [-0.39, 0.29) is 16.2 Å². The number of anilines is 3. The van der Waals surface area contributed by atoms with Crippen LogP contribution >= 0.6 is 0 Å². The third-order valence-corrected chi connectivity index (χ3v) is 13.0. The summed E-state index contributed by atoms with van der Waals surface area (Å²) in [5, 5.41) is 0. The van der Waals surface area contributed by atoms with Crippen LogP contribution < -0.4 is 4.90 Å². The van der Waals surface area contributed by atoms with Gasteiger partial charge in [0.2, 0.25) is 0 Å². The van der Waals surface area contributed by atoms with E-state index in [0.29, 0.717) is 0 Å². The number of benzene rings is 7. The first-order valence-electron chi connectivity index (χ1n) is 19.9. The Morgan fingerprint density at radius 1 is 0.345 bits per heavy atom. The smallest absolute Gasteiger partial charge is 0.0726 e. The minimum absolute atomic E-state index is 0.0237. The van der Waals surface area contributed by atoms with Crippen molar-refractivity contribution in [3.8, 4) is 33.4 Å². The fourth-order valence-corrected chi connectivity index (χ4v) is 10.1. The van der Waals surface area contributed by atoms with Crippen molar-refractivity contribution in [2.45, 2.75) is 77.0 Å². The molecule has 55 heavy (non-hydrogen) atoms. The Bertz CT molecular complexity index is 2610. The van der Waals surface area contributed by atoms with Crippen molar-refractivity contribution in [3.63, 3.8) is 0 Å². The van der Waals surface area contributed by atoms with Crippen LogP contribution in [-0.4, -0.2) is 0 Å². The molecule has 0 unspecified atom stereocenters. The highest BCUT2D eigenvalue weighted by molar-refractivity contribution is 5.96. The van der Waals surface area contributed by atoms with Gasteiger partial charge in [0, 0.05) is 22.5 Å². The van der Waals surface area contributed by atoms with Crippen molar-refractivity contribution in [3.05, 3.63) is 196 Å². The number of fused-ring (bicyclic) bond motifs is 13.